The van der Waals surface area contributed by atoms with Crippen LogP contribution in [0.1, 0.15) is 18.9 Å². The monoisotopic (exact) mass is 328 g/mol. The van der Waals surface area contributed by atoms with E-state index in [0.29, 0.717) is 23.7 Å². The Morgan fingerprint density at radius 2 is 2.21 bits per heavy atom. The Kier molecular flexibility index (Phi) is 4.24. The Morgan fingerprint density at radius 3 is 2.88 bits per heavy atom. The zero-order chi connectivity index (χ0) is 17.3. The molecule has 2 heterocycles. The number of carbonyl (C=O) groups excluding carboxylic acids is 2. The van der Waals surface area contributed by atoms with E-state index >= 15 is 0 Å². The fourth-order valence-corrected chi connectivity index (χ4v) is 2.78. The van der Waals surface area contributed by atoms with Gasteiger partial charge in [-0.3, -0.25) is 19.2 Å². The van der Waals surface area contributed by atoms with E-state index in [0.717, 1.165) is 5.56 Å². The van der Waals surface area contributed by atoms with Gasteiger partial charge >= 0.3 is 0 Å². The molecule has 24 heavy (non-hydrogen) atoms. The summed E-state index contributed by atoms with van der Waals surface area (Å²) in [5.41, 5.74) is 2.31. The van der Waals surface area contributed by atoms with Crippen molar-refractivity contribution in [1.29, 1.82) is 0 Å². The van der Waals surface area contributed by atoms with E-state index in [1.54, 1.807) is 43.1 Å². The maximum absolute atomic E-state index is 12.8. The number of nitrogens with one attached hydrogen (secondary N) is 1. The minimum atomic E-state index is -0.573. The number of hydrogen-bond acceptors (Lipinski definition) is 4. The molecule has 0 saturated carbocycles. The zero-order valence-electron chi connectivity index (χ0n) is 13.9. The van der Waals surface area contributed by atoms with Crippen LogP contribution in [0.3, 0.4) is 0 Å². The van der Waals surface area contributed by atoms with Crippen molar-refractivity contribution in [3.8, 4) is 5.75 Å². The molecule has 7 nitrogen and oxygen atoms in total. The van der Waals surface area contributed by atoms with E-state index in [9.17, 15) is 9.59 Å². The van der Waals surface area contributed by atoms with Crippen LogP contribution < -0.4 is 15.0 Å². The van der Waals surface area contributed by atoms with Crippen LogP contribution in [0.4, 0.5) is 11.4 Å². The predicted molar refractivity (Wildman–Crippen MR) is 90.2 cm³/mol. The normalized spacial score (nSPS) is 16.5. The number of aromatic nitrogens is 2. The molecule has 0 spiro atoms. The lowest BCUT2D eigenvalue weighted by Gasteiger charge is -2.34. The molecule has 2 aromatic rings. The van der Waals surface area contributed by atoms with Gasteiger partial charge in [-0.25, -0.2) is 0 Å². The molecule has 7 heteroatoms. The number of methoxy groups -OCH3 is 1. The van der Waals surface area contributed by atoms with Gasteiger partial charge in [0.25, 0.3) is 0 Å². The van der Waals surface area contributed by atoms with E-state index in [1.165, 1.54) is 4.90 Å². The van der Waals surface area contributed by atoms with Crippen molar-refractivity contribution in [1.82, 2.24) is 9.78 Å². The van der Waals surface area contributed by atoms with E-state index in [-0.39, 0.29) is 18.2 Å². The average molecular weight is 328 g/mol. The first kappa shape index (κ1) is 16.0. The van der Waals surface area contributed by atoms with Crippen LogP contribution >= 0.6 is 0 Å². The molecule has 1 atom stereocenters. The van der Waals surface area contributed by atoms with Gasteiger partial charge in [0.05, 0.1) is 24.7 Å². The average Bonchev–Trinajstić information content (AvgIpc) is 2.99. The fourth-order valence-electron chi connectivity index (χ4n) is 2.78. The van der Waals surface area contributed by atoms with Crippen molar-refractivity contribution in [3.63, 3.8) is 0 Å². The third kappa shape index (κ3) is 2.97. The molecule has 0 fully saturated rings. The first-order chi connectivity index (χ1) is 11.5. The standard InChI is InChI=1S/C17H20N4O3/c1-11-9-18-20(10-11)7-6-16(22)21-12(2)17(23)19-14-5-4-13(24-3)8-15(14)21/h4-5,8-10,12H,6-7H2,1-3H3,(H,19,23)/t12-/m0/s1. The summed E-state index contributed by atoms with van der Waals surface area (Å²) in [4.78, 5) is 26.4. The predicted octanol–water partition coefficient (Wildman–Crippen LogP) is 1.96. The number of benzene rings is 1. The molecule has 1 aliphatic heterocycles. The highest BCUT2D eigenvalue weighted by Gasteiger charge is 2.33. The topological polar surface area (TPSA) is 76.5 Å². The number of anilines is 2. The SMILES string of the molecule is COc1ccc2c(c1)N(C(=O)CCn1cc(C)cn1)[C@@H](C)C(=O)N2. The highest BCUT2D eigenvalue weighted by Crippen LogP contribution is 2.35. The van der Waals surface area contributed by atoms with Gasteiger partial charge in [-0.2, -0.15) is 5.10 Å². The Hall–Kier alpha value is -2.83. The van der Waals surface area contributed by atoms with E-state index in [4.69, 9.17) is 4.74 Å². The number of rotatable bonds is 4. The molecule has 0 radical (unpaired) electrons. The van der Waals surface area contributed by atoms with E-state index in [1.807, 2.05) is 13.1 Å². The maximum atomic E-state index is 12.8. The zero-order valence-corrected chi connectivity index (χ0v) is 13.9. The first-order valence-electron chi connectivity index (χ1n) is 7.79. The smallest absolute Gasteiger partial charge is 0.247 e. The minimum absolute atomic E-state index is 0.125. The molecule has 1 aliphatic rings. The van der Waals surface area contributed by atoms with E-state index < -0.39 is 6.04 Å². The molecule has 2 amide bonds. The molecule has 0 aliphatic carbocycles. The van der Waals surface area contributed by atoms with Gasteiger partial charge in [-0.1, -0.05) is 0 Å². The Balaban J connectivity index is 1.85. The molecule has 1 aromatic carbocycles. The molecule has 0 unspecified atom stereocenters. The summed E-state index contributed by atoms with van der Waals surface area (Å²) in [6.07, 6.45) is 3.90. The molecule has 1 aromatic heterocycles. The summed E-state index contributed by atoms with van der Waals surface area (Å²) >= 11 is 0. The van der Waals surface area contributed by atoms with Crippen molar-refractivity contribution in [2.45, 2.75) is 32.9 Å². The van der Waals surface area contributed by atoms with Crippen molar-refractivity contribution < 1.29 is 14.3 Å². The molecular weight excluding hydrogens is 308 g/mol. The van der Waals surface area contributed by atoms with Gasteiger partial charge in [0, 0.05) is 25.2 Å². The molecular formula is C17H20N4O3. The first-order valence-corrected chi connectivity index (χ1v) is 7.79. The molecule has 1 N–H and O–H groups in total. The van der Waals surface area contributed by atoms with Crippen LogP contribution in [0.15, 0.2) is 30.6 Å². The Morgan fingerprint density at radius 1 is 1.42 bits per heavy atom. The number of carbonyl (C=O) groups is 2. The molecule has 0 bridgehead atoms. The third-order valence-electron chi connectivity index (χ3n) is 4.07. The van der Waals surface area contributed by atoms with Gasteiger partial charge in [0.1, 0.15) is 11.8 Å². The number of ether oxygens (including phenoxy) is 1. The maximum Gasteiger partial charge on any atom is 0.247 e. The fraction of sp³-hybridized carbons (Fsp3) is 0.353. The van der Waals surface area contributed by atoms with Gasteiger partial charge < -0.3 is 10.1 Å². The third-order valence-corrected chi connectivity index (χ3v) is 4.07. The summed E-state index contributed by atoms with van der Waals surface area (Å²) in [7, 11) is 1.57. The number of fused-ring (bicyclic) bond motifs is 1. The second-order valence-electron chi connectivity index (χ2n) is 5.84. The van der Waals surface area contributed by atoms with Crippen LogP contribution in [0, 0.1) is 6.92 Å². The lowest BCUT2D eigenvalue weighted by atomic mass is 10.1. The summed E-state index contributed by atoms with van der Waals surface area (Å²) in [5.74, 6) is 0.313. The van der Waals surface area contributed by atoms with Crippen LogP contribution in [0.5, 0.6) is 5.75 Å². The quantitative estimate of drug-likeness (QED) is 0.931. The van der Waals surface area contributed by atoms with Crippen molar-refractivity contribution >= 4 is 23.2 Å². The van der Waals surface area contributed by atoms with E-state index in [2.05, 4.69) is 10.4 Å². The van der Waals surface area contributed by atoms with Crippen LogP contribution in [-0.4, -0.2) is 34.7 Å². The second kappa shape index (κ2) is 6.35. The number of nitrogens with zero attached hydrogens (tertiary/aromatic N) is 3. The Labute approximate surface area is 140 Å². The number of amides is 2. The van der Waals surface area contributed by atoms with Gasteiger partial charge in [0.2, 0.25) is 11.8 Å². The molecule has 0 saturated heterocycles. The van der Waals surface area contributed by atoms with Gasteiger partial charge in [0.15, 0.2) is 0 Å². The van der Waals surface area contributed by atoms with Gasteiger partial charge in [-0.05, 0) is 31.5 Å². The lowest BCUT2D eigenvalue weighted by molar-refractivity contribution is -0.123. The number of aryl methyl sites for hydroxylation is 2. The highest BCUT2D eigenvalue weighted by atomic mass is 16.5. The Bertz CT molecular complexity index is 784. The van der Waals surface area contributed by atoms with Crippen LogP contribution in [-0.2, 0) is 16.1 Å². The highest BCUT2D eigenvalue weighted by molar-refractivity contribution is 6.11. The van der Waals surface area contributed by atoms with Crippen molar-refractivity contribution in [2.24, 2.45) is 0 Å². The second-order valence-corrected chi connectivity index (χ2v) is 5.84. The molecule has 3 rings (SSSR count). The summed E-state index contributed by atoms with van der Waals surface area (Å²) in [5, 5.41) is 7.00. The van der Waals surface area contributed by atoms with Crippen molar-refractivity contribution in [2.75, 3.05) is 17.3 Å². The molecule has 126 valence electrons. The summed E-state index contributed by atoms with van der Waals surface area (Å²) in [6.45, 7) is 4.13. The van der Waals surface area contributed by atoms with Crippen LogP contribution in [0.2, 0.25) is 0 Å². The van der Waals surface area contributed by atoms with Crippen LogP contribution in [0.25, 0.3) is 0 Å². The van der Waals surface area contributed by atoms with Crippen molar-refractivity contribution in [3.05, 3.63) is 36.2 Å². The minimum Gasteiger partial charge on any atom is -0.497 e. The largest absolute Gasteiger partial charge is 0.497 e. The summed E-state index contributed by atoms with van der Waals surface area (Å²) in [6, 6.07) is 4.69. The number of hydrogen-bond donors (Lipinski definition) is 1. The summed E-state index contributed by atoms with van der Waals surface area (Å²) < 4.78 is 6.97. The lowest BCUT2D eigenvalue weighted by Crippen LogP contribution is -2.49. The van der Waals surface area contributed by atoms with Gasteiger partial charge in [-0.15, -0.1) is 0 Å².